The van der Waals surface area contributed by atoms with Crippen LogP contribution in [0.4, 0.5) is 4.79 Å². The van der Waals surface area contributed by atoms with Crippen molar-refractivity contribution in [3.8, 4) is 11.5 Å². The average Bonchev–Trinajstić information content (AvgIpc) is 2.70. The minimum Gasteiger partial charge on any atom is -0.494 e. The molecule has 6 heteroatoms. The van der Waals surface area contributed by atoms with Gasteiger partial charge in [0, 0.05) is 36.1 Å². The summed E-state index contributed by atoms with van der Waals surface area (Å²) in [5, 5.41) is 0. The smallest absolute Gasteiger partial charge is 0.410 e. The van der Waals surface area contributed by atoms with Gasteiger partial charge in [-0.3, -0.25) is 0 Å². The van der Waals surface area contributed by atoms with E-state index in [1.165, 1.54) is 5.57 Å². The van der Waals surface area contributed by atoms with Gasteiger partial charge in [0.1, 0.15) is 22.7 Å². The number of benzene rings is 1. The molecular weight excluding hydrogens is 430 g/mol. The first kappa shape index (κ1) is 24.9. The molecule has 6 nitrogen and oxygen atoms in total. The molecule has 0 N–H and O–H groups in total. The molecule has 0 bridgehead atoms. The standard InChI is InChI=1S/C28H41NO5/c1-8-31-20-11-12-21-23(14-20)33-27(7,13-9-10-19(2)3)22-15-28(18-32-24(21)22)16-29(17-28)25(30)34-26(4,5)6/h10-12,14,22,24H,8-9,13,15-18H2,1-7H3/t22-,24+,27-/m0/s1. The molecule has 4 rings (SSSR count). The zero-order chi connectivity index (χ0) is 24.7. The molecule has 3 heterocycles. The van der Waals surface area contributed by atoms with E-state index in [1.54, 1.807) is 4.90 Å². The van der Waals surface area contributed by atoms with Crippen molar-refractivity contribution in [2.75, 3.05) is 26.3 Å². The zero-order valence-electron chi connectivity index (χ0n) is 21.9. The van der Waals surface area contributed by atoms with Gasteiger partial charge in [-0.1, -0.05) is 11.6 Å². The third kappa shape index (κ3) is 5.07. The summed E-state index contributed by atoms with van der Waals surface area (Å²) in [4.78, 5) is 14.4. The number of ether oxygens (including phenoxy) is 4. The van der Waals surface area contributed by atoms with E-state index in [1.807, 2.05) is 39.8 Å². The van der Waals surface area contributed by atoms with Crippen molar-refractivity contribution >= 4 is 6.09 Å². The number of fused-ring (bicyclic) bond motifs is 3. The van der Waals surface area contributed by atoms with E-state index in [2.05, 4.69) is 32.9 Å². The Morgan fingerprint density at radius 3 is 2.65 bits per heavy atom. The van der Waals surface area contributed by atoms with Gasteiger partial charge in [0.25, 0.3) is 0 Å². The van der Waals surface area contributed by atoms with Gasteiger partial charge in [0.15, 0.2) is 0 Å². The highest BCUT2D eigenvalue weighted by atomic mass is 16.6. The Balaban J connectivity index is 1.56. The second-order valence-corrected chi connectivity index (χ2v) is 11.7. The molecule has 0 radical (unpaired) electrons. The second kappa shape index (κ2) is 9.10. The summed E-state index contributed by atoms with van der Waals surface area (Å²) in [5.74, 6) is 1.90. The molecule has 1 aromatic rings. The molecular formula is C28H41NO5. The molecule has 3 aliphatic heterocycles. The third-order valence-electron chi connectivity index (χ3n) is 7.22. The number of rotatable bonds is 5. The number of hydrogen-bond donors (Lipinski definition) is 0. The van der Waals surface area contributed by atoms with Crippen LogP contribution in [0.1, 0.15) is 79.4 Å². The van der Waals surface area contributed by atoms with Crippen LogP contribution in [0.25, 0.3) is 0 Å². The summed E-state index contributed by atoms with van der Waals surface area (Å²) < 4.78 is 24.7. The number of allylic oxidation sites excluding steroid dienone is 2. The highest BCUT2D eigenvalue weighted by molar-refractivity contribution is 5.69. The van der Waals surface area contributed by atoms with Crippen LogP contribution in [0, 0.1) is 11.3 Å². The van der Waals surface area contributed by atoms with Crippen molar-refractivity contribution in [3.63, 3.8) is 0 Å². The minimum atomic E-state index is -0.487. The van der Waals surface area contributed by atoms with Crippen LogP contribution in [-0.2, 0) is 9.47 Å². The van der Waals surface area contributed by atoms with E-state index in [-0.39, 0.29) is 29.1 Å². The summed E-state index contributed by atoms with van der Waals surface area (Å²) in [6.07, 6.45) is 4.86. The fourth-order valence-electron chi connectivity index (χ4n) is 5.60. The molecule has 34 heavy (non-hydrogen) atoms. The number of amides is 1. The predicted octanol–water partition coefficient (Wildman–Crippen LogP) is 6.30. The lowest BCUT2D eigenvalue weighted by Gasteiger charge is -2.58. The van der Waals surface area contributed by atoms with E-state index in [4.69, 9.17) is 18.9 Å². The van der Waals surface area contributed by atoms with Crippen LogP contribution in [-0.4, -0.2) is 48.5 Å². The van der Waals surface area contributed by atoms with E-state index in [9.17, 15) is 4.79 Å². The third-order valence-corrected chi connectivity index (χ3v) is 7.22. The van der Waals surface area contributed by atoms with Crippen molar-refractivity contribution in [3.05, 3.63) is 35.4 Å². The molecule has 1 amide bonds. The number of carbonyl (C=O) groups excluding carboxylic acids is 1. The Bertz CT molecular complexity index is 939. The van der Waals surface area contributed by atoms with Gasteiger partial charge < -0.3 is 23.8 Å². The Kier molecular flexibility index (Phi) is 6.67. The molecule has 1 aromatic carbocycles. The monoisotopic (exact) mass is 471 g/mol. The summed E-state index contributed by atoms with van der Waals surface area (Å²) in [6, 6.07) is 6.12. The van der Waals surface area contributed by atoms with Crippen molar-refractivity contribution < 1.29 is 23.7 Å². The molecule has 188 valence electrons. The van der Waals surface area contributed by atoms with Crippen molar-refractivity contribution in [2.24, 2.45) is 11.3 Å². The fraction of sp³-hybridized carbons (Fsp3) is 0.679. The van der Waals surface area contributed by atoms with Crippen LogP contribution in [0.15, 0.2) is 29.8 Å². The molecule has 2 fully saturated rings. The van der Waals surface area contributed by atoms with Gasteiger partial charge in [-0.25, -0.2) is 4.79 Å². The summed E-state index contributed by atoms with van der Waals surface area (Å²) in [6.45, 7) is 16.8. The average molecular weight is 472 g/mol. The van der Waals surface area contributed by atoms with Crippen molar-refractivity contribution in [1.29, 1.82) is 0 Å². The SMILES string of the molecule is CCOc1ccc2c(c1)O[C@@](C)(CCC=C(C)C)[C@H]1CC3(CO[C@H]21)CN(C(=O)OC(C)(C)C)C3. The van der Waals surface area contributed by atoms with Crippen LogP contribution >= 0.6 is 0 Å². The van der Waals surface area contributed by atoms with Crippen LogP contribution < -0.4 is 9.47 Å². The lowest BCUT2D eigenvalue weighted by molar-refractivity contribution is -0.199. The van der Waals surface area contributed by atoms with Crippen LogP contribution in [0.3, 0.4) is 0 Å². The minimum absolute atomic E-state index is 0.0164. The number of hydrogen-bond acceptors (Lipinski definition) is 5. The van der Waals surface area contributed by atoms with Gasteiger partial charge in [-0.2, -0.15) is 0 Å². The maximum Gasteiger partial charge on any atom is 0.410 e. The first-order valence-corrected chi connectivity index (χ1v) is 12.6. The molecule has 0 aromatic heterocycles. The largest absolute Gasteiger partial charge is 0.494 e. The number of likely N-dealkylation sites (tertiary alicyclic amines) is 1. The first-order valence-electron chi connectivity index (χ1n) is 12.6. The molecule has 3 aliphatic rings. The van der Waals surface area contributed by atoms with Crippen LogP contribution in [0.2, 0.25) is 0 Å². The van der Waals surface area contributed by atoms with E-state index in [0.29, 0.717) is 26.3 Å². The summed E-state index contributed by atoms with van der Waals surface area (Å²) in [5.41, 5.74) is 1.53. The van der Waals surface area contributed by atoms with E-state index < -0.39 is 5.60 Å². The van der Waals surface area contributed by atoms with Crippen molar-refractivity contribution in [2.45, 2.75) is 85.0 Å². The van der Waals surface area contributed by atoms with Crippen LogP contribution in [0.5, 0.6) is 11.5 Å². The van der Waals surface area contributed by atoms with Gasteiger partial charge in [0.2, 0.25) is 0 Å². The number of nitrogens with zero attached hydrogens (tertiary/aromatic N) is 1. The Hall–Kier alpha value is -2.21. The molecule has 2 saturated heterocycles. The number of carbonyl (C=O) groups is 1. The lowest BCUT2D eigenvalue weighted by Crippen LogP contribution is -2.65. The van der Waals surface area contributed by atoms with Gasteiger partial charge in [-0.15, -0.1) is 0 Å². The molecule has 0 saturated carbocycles. The summed E-state index contributed by atoms with van der Waals surface area (Å²) in [7, 11) is 0. The van der Waals surface area contributed by atoms with Crippen molar-refractivity contribution in [1.82, 2.24) is 4.90 Å². The maximum atomic E-state index is 12.6. The Morgan fingerprint density at radius 1 is 1.26 bits per heavy atom. The van der Waals surface area contributed by atoms with Gasteiger partial charge >= 0.3 is 6.09 Å². The summed E-state index contributed by atoms with van der Waals surface area (Å²) >= 11 is 0. The zero-order valence-corrected chi connectivity index (χ0v) is 21.9. The van der Waals surface area contributed by atoms with E-state index >= 15 is 0 Å². The highest BCUT2D eigenvalue weighted by Crippen LogP contribution is 2.56. The molecule has 0 aliphatic carbocycles. The Labute approximate surface area is 204 Å². The normalized spacial score (nSPS) is 27.1. The quantitative estimate of drug-likeness (QED) is 0.472. The molecule has 3 atom stereocenters. The molecule has 0 unspecified atom stereocenters. The molecule has 1 spiro atoms. The lowest BCUT2D eigenvalue weighted by atomic mass is 9.63. The Morgan fingerprint density at radius 2 is 2.00 bits per heavy atom. The highest BCUT2D eigenvalue weighted by Gasteiger charge is 2.58. The maximum absolute atomic E-state index is 12.6. The topological polar surface area (TPSA) is 57.2 Å². The van der Waals surface area contributed by atoms with Gasteiger partial charge in [-0.05, 0) is 79.9 Å². The van der Waals surface area contributed by atoms with Gasteiger partial charge in [0.05, 0.1) is 19.3 Å². The van der Waals surface area contributed by atoms with E-state index in [0.717, 1.165) is 36.3 Å². The second-order valence-electron chi connectivity index (χ2n) is 11.7. The predicted molar refractivity (Wildman–Crippen MR) is 132 cm³/mol. The first-order chi connectivity index (χ1) is 15.9. The fourth-order valence-corrected chi connectivity index (χ4v) is 5.60.